The minimum absolute atomic E-state index is 0.210. The highest BCUT2D eigenvalue weighted by Crippen LogP contribution is 2.36. The molecule has 1 aliphatic heterocycles. The van der Waals surface area contributed by atoms with Crippen LogP contribution >= 0.6 is 23.4 Å². The molecule has 0 aliphatic carbocycles. The Morgan fingerprint density at radius 1 is 0.907 bits per heavy atom. The third-order valence-corrected chi connectivity index (χ3v) is 8.73. The van der Waals surface area contributed by atoms with Gasteiger partial charge in [0.05, 0.1) is 12.7 Å². The van der Waals surface area contributed by atoms with Gasteiger partial charge in [-0.05, 0) is 78.6 Å². The average molecular weight is 620 g/mol. The van der Waals surface area contributed by atoms with Gasteiger partial charge in [-0.1, -0.05) is 60.1 Å². The quantitative estimate of drug-likeness (QED) is 0.164. The second-order valence-corrected chi connectivity index (χ2v) is 11.8. The van der Waals surface area contributed by atoms with E-state index in [0.29, 0.717) is 40.6 Å². The van der Waals surface area contributed by atoms with Crippen molar-refractivity contribution in [3.8, 4) is 5.75 Å². The first-order valence-electron chi connectivity index (χ1n) is 14.1. The van der Waals surface area contributed by atoms with Crippen LogP contribution in [0.15, 0.2) is 102 Å². The van der Waals surface area contributed by atoms with E-state index in [2.05, 4.69) is 5.32 Å². The molecule has 1 amide bonds. The van der Waals surface area contributed by atoms with E-state index in [1.54, 1.807) is 30.3 Å². The van der Waals surface area contributed by atoms with Crippen molar-refractivity contribution >= 4 is 35.0 Å². The molecule has 0 radical (unpaired) electrons. The molecule has 4 aromatic carbocycles. The van der Waals surface area contributed by atoms with Crippen molar-refractivity contribution in [3.63, 3.8) is 0 Å². The van der Waals surface area contributed by atoms with E-state index in [-0.39, 0.29) is 5.91 Å². The molecule has 0 unspecified atom stereocenters. The lowest BCUT2D eigenvalue weighted by Gasteiger charge is -2.41. The molecule has 4 N–H and O–H groups in total. The summed E-state index contributed by atoms with van der Waals surface area (Å²) in [6, 6.07) is 29.5. The van der Waals surface area contributed by atoms with E-state index in [1.165, 1.54) is 11.8 Å². The Bertz CT molecular complexity index is 1520. The van der Waals surface area contributed by atoms with Gasteiger partial charge in [0, 0.05) is 26.9 Å². The fourth-order valence-electron chi connectivity index (χ4n) is 5.00. The molecule has 4 aromatic rings. The van der Waals surface area contributed by atoms with Crippen LogP contribution in [0.2, 0.25) is 5.02 Å². The normalized spacial score (nSPS) is 21.7. The summed E-state index contributed by atoms with van der Waals surface area (Å²) in [5.74, 6) is 0.896. The Kier molecular flexibility index (Phi) is 10.4. The maximum atomic E-state index is 12.6. The van der Waals surface area contributed by atoms with Crippen LogP contribution in [-0.4, -0.2) is 58.0 Å². The number of benzene rings is 4. The zero-order chi connectivity index (χ0) is 30.3. The highest BCUT2D eigenvalue weighted by atomic mass is 35.5. The lowest BCUT2D eigenvalue weighted by atomic mass is 9.90. The van der Waals surface area contributed by atoms with Crippen LogP contribution < -0.4 is 10.1 Å². The van der Waals surface area contributed by atoms with Gasteiger partial charge in [0.1, 0.15) is 30.2 Å². The molecule has 5 rings (SSSR count). The predicted molar refractivity (Wildman–Crippen MR) is 169 cm³/mol. The number of aliphatic hydroxyl groups excluding tert-OH is 3. The van der Waals surface area contributed by atoms with Crippen LogP contribution in [0.5, 0.6) is 5.75 Å². The van der Waals surface area contributed by atoms with Crippen LogP contribution in [0.25, 0.3) is 0 Å². The van der Waals surface area contributed by atoms with E-state index in [4.69, 9.17) is 21.1 Å². The first-order chi connectivity index (χ1) is 20.8. The number of halogens is 1. The molecule has 0 bridgehead atoms. The SMILES string of the molecule is CCOc1ccc(Cc2cc([C@@H]3O[C@H](CSc4cccc(NC(=O)c5ccccc5)c4)[C@@H](O)[C@H](O)[C@H]3O)ccc2Cl)cc1. The Morgan fingerprint density at radius 2 is 1.67 bits per heavy atom. The van der Waals surface area contributed by atoms with Crippen molar-refractivity contribution in [1.29, 1.82) is 0 Å². The smallest absolute Gasteiger partial charge is 0.255 e. The third-order valence-electron chi connectivity index (χ3n) is 7.28. The number of hydrogen-bond donors (Lipinski definition) is 4. The molecular weight excluding hydrogens is 586 g/mol. The van der Waals surface area contributed by atoms with Gasteiger partial charge in [-0.2, -0.15) is 0 Å². The van der Waals surface area contributed by atoms with Crippen LogP contribution in [0.3, 0.4) is 0 Å². The standard InChI is InChI=1S/C34H34ClNO6S/c1-2-41-26-14-11-21(12-15-26)17-24-18-23(13-16-28(24)35)33-32(39)31(38)30(37)29(42-33)20-43-27-10-6-9-25(19-27)36-34(40)22-7-4-3-5-8-22/h3-16,18-19,29-33,37-39H,2,17,20H2,1H3,(H,36,40)/t29-,30-,31+,32-,33+/m1/s1. The first-order valence-corrected chi connectivity index (χ1v) is 15.5. The number of rotatable bonds is 10. The molecule has 5 atom stereocenters. The van der Waals surface area contributed by atoms with E-state index in [1.807, 2.05) is 73.7 Å². The van der Waals surface area contributed by atoms with Gasteiger partial charge >= 0.3 is 0 Å². The number of amides is 1. The van der Waals surface area contributed by atoms with Crippen LogP contribution in [0, 0.1) is 0 Å². The molecular formula is C34H34ClNO6S. The van der Waals surface area contributed by atoms with Crippen molar-refractivity contribution in [2.24, 2.45) is 0 Å². The number of carbonyl (C=O) groups excluding carboxylic acids is 1. The fraction of sp³-hybridized carbons (Fsp3) is 0.265. The molecule has 1 aliphatic rings. The van der Waals surface area contributed by atoms with E-state index < -0.39 is 30.5 Å². The van der Waals surface area contributed by atoms with Crippen molar-refractivity contribution in [2.45, 2.75) is 48.8 Å². The zero-order valence-electron chi connectivity index (χ0n) is 23.6. The monoisotopic (exact) mass is 619 g/mol. The topological polar surface area (TPSA) is 108 Å². The molecule has 9 heteroatoms. The Hall–Kier alpha value is -3.37. The molecule has 1 heterocycles. The molecule has 1 fully saturated rings. The van der Waals surface area contributed by atoms with Crippen LogP contribution in [-0.2, 0) is 11.2 Å². The number of carbonyl (C=O) groups is 1. The lowest BCUT2D eigenvalue weighted by molar-refractivity contribution is -0.218. The van der Waals surface area contributed by atoms with Crippen molar-refractivity contribution in [1.82, 2.24) is 0 Å². The number of hydrogen-bond acceptors (Lipinski definition) is 7. The van der Waals surface area contributed by atoms with Crippen LogP contribution in [0.4, 0.5) is 5.69 Å². The van der Waals surface area contributed by atoms with E-state index in [9.17, 15) is 20.1 Å². The van der Waals surface area contributed by atoms with Gasteiger partial charge in [0.25, 0.3) is 5.91 Å². The van der Waals surface area contributed by atoms with Gasteiger partial charge in [-0.3, -0.25) is 4.79 Å². The van der Waals surface area contributed by atoms with Gasteiger partial charge in [0.2, 0.25) is 0 Å². The second kappa shape index (κ2) is 14.4. The van der Waals surface area contributed by atoms with Crippen LogP contribution in [0.1, 0.15) is 40.1 Å². The van der Waals surface area contributed by atoms with E-state index in [0.717, 1.165) is 21.8 Å². The van der Waals surface area contributed by atoms with E-state index >= 15 is 0 Å². The van der Waals surface area contributed by atoms with Crippen molar-refractivity contribution in [3.05, 3.63) is 124 Å². The summed E-state index contributed by atoms with van der Waals surface area (Å²) in [6.07, 6.45) is -5.07. The number of nitrogens with one attached hydrogen (secondary N) is 1. The molecule has 7 nitrogen and oxygen atoms in total. The van der Waals surface area contributed by atoms with Gasteiger partial charge < -0.3 is 30.1 Å². The molecule has 43 heavy (non-hydrogen) atoms. The minimum Gasteiger partial charge on any atom is -0.494 e. The molecule has 224 valence electrons. The Balaban J connectivity index is 1.26. The highest BCUT2D eigenvalue weighted by molar-refractivity contribution is 7.99. The number of ether oxygens (including phenoxy) is 2. The summed E-state index contributed by atoms with van der Waals surface area (Å²) >= 11 is 7.95. The predicted octanol–water partition coefficient (Wildman–Crippen LogP) is 5.90. The third kappa shape index (κ3) is 7.78. The number of thioether (sulfide) groups is 1. The Morgan fingerprint density at radius 3 is 2.42 bits per heavy atom. The summed E-state index contributed by atoms with van der Waals surface area (Å²) in [6.45, 7) is 2.53. The maximum Gasteiger partial charge on any atom is 0.255 e. The summed E-state index contributed by atoms with van der Waals surface area (Å²) in [5, 5.41) is 35.9. The first kappa shape index (κ1) is 31.1. The van der Waals surface area contributed by atoms with Gasteiger partial charge in [0.15, 0.2) is 0 Å². The summed E-state index contributed by atoms with van der Waals surface area (Å²) in [7, 11) is 0. The highest BCUT2D eigenvalue weighted by Gasteiger charge is 2.44. The molecule has 1 saturated heterocycles. The largest absolute Gasteiger partial charge is 0.494 e. The molecule has 0 saturated carbocycles. The average Bonchev–Trinajstić information content (AvgIpc) is 3.02. The fourth-order valence-corrected chi connectivity index (χ4v) is 6.20. The second-order valence-electron chi connectivity index (χ2n) is 10.3. The number of anilines is 1. The van der Waals surface area contributed by atoms with Gasteiger partial charge in [-0.25, -0.2) is 0 Å². The zero-order valence-corrected chi connectivity index (χ0v) is 25.2. The molecule has 0 spiro atoms. The summed E-state index contributed by atoms with van der Waals surface area (Å²) in [4.78, 5) is 13.4. The summed E-state index contributed by atoms with van der Waals surface area (Å²) in [5.41, 5.74) is 3.74. The summed E-state index contributed by atoms with van der Waals surface area (Å²) < 4.78 is 11.7. The lowest BCUT2D eigenvalue weighted by Crippen LogP contribution is -2.54. The maximum absolute atomic E-state index is 12.6. The minimum atomic E-state index is -1.40. The van der Waals surface area contributed by atoms with Gasteiger partial charge in [-0.15, -0.1) is 11.8 Å². The van der Waals surface area contributed by atoms with Crippen molar-refractivity contribution in [2.75, 3.05) is 17.7 Å². The van der Waals surface area contributed by atoms with Crippen molar-refractivity contribution < 1.29 is 29.6 Å². The Labute approximate surface area is 260 Å². The number of aliphatic hydroxyl groups is 3. The molecule has 0 aromatic heterocycles.